The zero-order chi connectivity index (χ0) is 23.5. The monoisotopic (exact) mass is 508 g/mol. The fourth-order valence-corrected chi connectivity index (χ4v) is 5.58. The minimum atomic E-state index is -1.11. The van der Waals surface area contributed by atoms with Gasteiger partial charge in [0, 0.05) is 16.9 Å². The van der Waals surface area contributed by atoms with Crippen molar-refractivity contribution in [2.45, 2.75) is 41.6 Å². The molecule has 13 heteroatoms. The second kappa shape index (κ2) is 10.4. The number of hydrogen-bond acceptors (Lipinski definition) is 11. The number of hydrogen-bond donors (Lipinski definition) is 3. The number of ether oxygens (including phenoxy) is 2. The quantitative estimate of drug-likeness (QED) is 0.433. The highest BCUT2D eigenvalue weighted by molar-refractivity contribution is 7.99. The van der Waals surface area contributed by atoms with E-state index in [0.717, 1.165) is 4.90 Å². The summed E-state index contributed by atoms with van der Waals surface area (Å²) in [5, 5.41) is 40.9. The van der Waals surface area contributed by atoms with Gasteiger partial charge in [-0.2, -0.15) is 5.26 Å². The summed E-state index contributed by atoms with van der Waals surface area (Å²) in [5.41, 5.74) is 6.56. The molecule has 1 aliphatic rings. The Bertz CT molecular complexity index is 1150. The number of nitrogens with two attached hydrogens (primary N) is 1. The predicted molar refractivity (Wildman–Crippen MR) is 124 cm³/mol. The number of aliphatic hydroxyl groups excluding tert-OH is 2. The molecule has 0 bridgehead atoms. The summed E-state index contributed by atoms with van der Waals surface area (Å²) in [6.45, 7) is 1.80. The first kappa shape index (κ1) is 23.9. The second-order valence-electron chi connectivity index (χ2n) is 7.15. The molecule has 0 amide bonds. The van der Waals surface area contributed by atoms with Crippen LogP contribution in [0.2, 0.25) is 5.02 Å². The number of aliphatic hydroxyl groups is 2. The first-order chi connectivity index (χ1) is 15.9. The molecule has 3 aromatic rings. The molecule has 0 saturated carbocycles. The van der Waals surface area contributed by atoms with E-state index >= 15 is 0 Å². The van der Waals surface area contributed by atoms with Crippen LogP contribution in [0.25, 0.3) is 11.4 Å². The normalized spacial score (nSPS) is 25.1. The number of rotatable bonds is 7. The standard InChI is InChI=1S/C20H21ClN6O4S2/c1-2-30-18-16(27-7-13(25-26-27)14-9-32-20(23)24-14)17(29)15(8-28)31-19(18)33-11-4-3-10(6-22)12(21)5-11/h3-5,7,9,15-19,28-29H,2,8H2,1H3,(H2,23,24)/t15-,16+,17+,18-,19-/m1/s1. The summed E-state index contributed by atoms with van der Waals surface area (Å²) in [7, 11) is 0. The predicted octanol–water partition coefficient (Wildman–Crippen LogP) is 2.33. The van der Waals surface area contributed by atoms with Gasteiger partial charge in [-0.1, -0.05) is 28.6 Å². The molecular weight excluding hydrogens is 488 g/mol. The molecule has 0 radical (unpaired) electrons. The topological polar surface area (TPSA) is 152 Å². The van der Waals surface area contributed by atoms with Crippen LogP contribution in [0, 0.1) is 11.3 Å². The van der Waals surface area contributed by atoms with E-state index in [-0.39, 0.29) is 0 Å². The van der Waals surface area contributed by atoms with Gasteiger partial charge in [-0.25, -0.2) is 9.67 Å². The molecule has 33 heavy (non-hydrogen) atoms. The van der Waals surface area contributed by atoms with Crippen LogP contribution in [-0.2, 0) is 9.47 Å². The van der Waals surface area contributed by atoms with Gasteiger partial charge in [0.05, 0.1) is 23.4 Å². The minimum absolute atomic E-state index is 0.324. The Morgan fingerprint density at radius 3 is 2.88 bits per heavy atom. The number of aromatic nitrogens is 4. The lowest BCUT2D eigenvalue weighted by Gasteiger charge is -2.43. The van der Waals surface area contributed by atoms with Crippen LogP contribution in [0.5, 0.6) is 0 Å². The SMILES string of the molecule is CCO[C@@H]1[C@@H](n2cc(-c3csc(N)n3)nn2)[C@@H](O)[C@@H](CO)O[C@@H]1Sc1ccc(C#N)c(Cl)c1. The van der Waals surface area contributed by atoms with Crippen LogP contribution in [-0.4, -0.2) is 67.2 Å². The van der Waals surface area contributed by atoms with Gasteiger partial charge in [0.15, 0.2) is 5.13 Å². The summed E-state index contributed by atoms with van der Waals surface area (Å²) in [4.78, 5) is 4.97. The van der Waals surface area contributed by atoms with E-state index in [0.29, 0.717) is 33.7 Å². The lowest BCUT2D eigenvalue weighted by Crippen LogP contribution is -2.55. The van der Waals surface area contributed by atoms with E-state index in [2.05, 4.69) is 15.3 Å². The molecule has 4 N–H and O–H groups in total. The van der Waals surface area contributed by atoms with Gasteiger partial charge in [0.2, 0.25) is 0 Å². The Hall–Kier alpha value is -2.24. The number of nitriles is 1. The fourth-order valence-electron chi connectivity index (χ4n) is 3.57. The lowest BCUT2D eigenvalue weighted by molar-refractivity contribution is -0.191. The number of thioether (sulfide) groups is 1. The van der Waals surface area contributed by atoms with Crippen molar-refractivity contribution in [1.29, 1.82) is 5.26 Å². The van der Waals surface area contributed by atoms with E-state index in [1.165, 1.54) is 27.8 Å². The van der Waals surface area contributed by atoms with Crippen molar-refractivity contribution in [3.63, 3.8) is 0 Å². The molecule has 174 valence electrons. The Kier molecular flexibility index (Phi) is 7.50. The van der Waals surface area contributed by atoms with Gasteiger partial charge in [-0.15, -0.1) is 16.4 Å². The zero-order valence-electron chi connectivity index (χ0n) is 17.4. The number of thiazole rings is 1. The maximum atomic E-state index is 11.0. The van der Waals surface area contributed by atoms with Crippen molar-refractivity contribution in [2.24, 2.45) is 0 Å². The van der Waals surface area contributed by atoms with Crippen molar-refractivity contribution in [1.82, 2.24) is 20.0 Å². The number of benzene rings is 1. The minimum Gasteiger partial charge on any atom is -0.394 e. The van der Waals surface area contributed by atoms with Crippen LogP contribution >= 0.6 is 34.7 Å². The van der Waals surface area contributed by atoms with Crippen molar-refractivity contribution in [3.05, 3.63) is 40.4 Å². The Balaban J connectivity index is 1.66. The van der Waals surface area contributed by atoms with Crippen LogP contribution in [0.3, 0.4) is 0 Å². The zero-order valence-corrected chi connectivity index (χ0v) is 19.8. The summed E-state index contributed by atoms with van der Waals surface area (Å²) in [6.07, 6.45) is -0.958. The van der Waals surface area contributed by atoms with Crippen molar-refractivity contribution in [3.8, 4) is 17.5 Å². The van der Waals surface area contributed by atoms with Crippen molar-refractivity contribution < 1.29 is 19.7 Å². The van der Waals surface area contributed by atoms with Crippen LogP contribution < -0.4 is 5.73 Å². The molecule has 0 aliphatic carbocycles. The van der Waals surface area contributed by atoms with Gasteiger partial charge in [-0.05, 0) is 25.1 Å². The third kappa shape index (κ3) is 4.99. The van der Waals surface area contributed by atoms with E-state index in [4.69, 9.17) is 32.1 Å². The lowest BCUT2D eigenvalue weighted by atomic mass is 9.97. The molecular formula is C20H21ClN6O4S2. The molecule has 0 spiro atoms. The van der Waals surface area contributed by atoms with Crippen molar-refractivity contribution >= 4 is 39.8 Å². The highest BCUT2D eigenvalue weighted by Gasteiger charge is 2.47. The van der Waals surface area contributed by atoms with Gasteiger partial charge in [-0.3, -0.25) is 0 Å². The largest absolute Gasteiger partial charge is 0.394 e. The molecule has 1 aromatic carbocycles. The maximum Gasteiger partial charge on any atom is 0.180 e. The average Bonchev–Trinajstić information content (AvgIpc) is 3.45. The maximum absolute atomic E-state index is 11.0. The van der Waals surface area contributed by atoms with Gasteiger partial charge in [0.1, 0.15) is 47.2 Å². The summed E-state index contributed by atoms with van der Waals surface area (Å²) < 4.78 is 13.5. The molecule has 10 nitrogen and oxygen atoms in total. The molecule has 1 aliphatic heterocycles. The van der Waals surface area contributed by atoms with E-state index < -0.39 is 36.4 Å². The van der Waals surface area contributed by atoms with E-state index in [1.54, 1.807) is 29.8 Å². The summed E-state index contributed by atoms with van der Waals surface area (Å²) in [6, 6.07) is 6.39. The summed E-state index contributed by atoms with van der Waals surface area (Å²) >= 11 is 8.80. The van der Waals surface area contributed by atoms with Gasteiger partial charge < -0.3 is 25.4 Å². The number of anilines is 1. The molecule has 1 saturated heterocycles. The number of nitrogen functional groups attached to an aromatic ring is 1. The van der Waals surface area contributed by atoms with Gasteiger partial charge >= 0.3 is 0 Å². The molecule has 4 rings (SSSR count). The van der Waals surface area contributed by atoms with E-state index in [1.807, 2.05) is 13.0 Å². The molecule has 1 fully saturated rings. The average molecular weight is 509 g/mol. The third-order valence-corrected chi connectivity index (χ3v) is 7.22. The highest BCUT2D eigenvalue weighted by Crippen LogP contribution is 2.40. The molecule has 0 unspecified atom stereocenters. The molecule has 2 aromatic heterocycles. The van der Waals surface area contributed by atoms with Crippen molar-refractivity contribution in [2.75, 3.05) is 18.9 Å². The summed E-state index contributed by atoms with van der Waals surface area (Å²) in [5.74, 6) is 0. The number of nitrogens with zero attached hydrogens (tertiary/aromatic N) is 5. The first-order valence-electron chi connectivity index (χ1n) is 10.0. The highest BCUT2D eigenvalue weighted by atomic mass is 35.5. The Labute approximate surface area is 202 Å². The molecule has 5 atom stereocenters. The van der Waals surface area contributed by atoms with E-state index in [9.17, 15) is 10.2 Å². The second-order valence-corrected chi connectivity index (χ2v) is 9.62. The van der Waals surface area contributed by atoms with Crippen LogP contribution in [0.1, 0.15) is 18.5 Å². The fraction of sp³-hybridized carbons (Fsp3) is 0.400. The molecule has 3 heterocycles. The smallest absolute Gasteiger partial charge is 0.180 e. The number of halogens is 1. The van der Waals surface area contributed by atoms with Crippen LogP contribution in [0.4, 0.5) is 5.13 Å². The third-order valence-electron chi connectivity index (χ3n) is 5.10. The first-order valence-corrected chi connectivity index (χ1v) is 12.1. The van der Waals surface area contributed by atoms with Crippen LogP contribution in [0.15, 0.2) is 34.7 Å². The van der Waals surface area contributed by atoms with Gasteiger partial charge in [0.25, 0.3) is 0 Å². The Morgan fingerprint density at radius 1 is 1.42 bits per heavy atom. The Morgan fingerprint density at radius 2 is 2.24 bits per heavy atom.